The first kappa shape index (κ1) is 17.4. The standard InChI is InChI=1S/C21H23NO3/c1-15(17-9-5-3-6-10-17)13-20-24-14-19(16(2)25-20)22-21(23)18-11-7-4-8-12-18/h3-12,16,19-20H,1,13-14H2,2H3,(H,22,23)/t16-,19+,20?/m0/s1. The van der Waals surface area contributed by atoms with E-state index >= 15 is 0 Å². The molecule has 1 aliphatic heterocycles. The fraction of sp³-hybridized carbons (Fsp3) is 0.286. The molecule has 1 N–H and O–H groups in total. The highest BCUT2D eigenvalue weighted by Crippen LogP contribution is 2.23. The molecule has 1 amide bonds. The van der Waals surface area contributed by atoms with Crippen LogP contribution in [-0.2, 0) is 9.47 Å². The van der Waals surface area contributed by atoms with E-state index in [2.05, 4.69) is 11.9 Å². The van der Waals surface area contributed by atoms with Gasteiger partial charge in [-0.1, -0.05) is 55.1 Å². The van der Waals surface area contributed by atoms with Gasteiger partial charge in [-0.3, -0.25) is 4.79 Å². The van der Waals surface area contributed by atoms with E-state index < -0.39 is 0 Å². The Balaban J connectivity index is 1.52. The zero-order chi connectivity index (χ0) is 17.6. The number of ether oxygens (including phenoxy) is 2. The molecule has 4 heteroatoms. The van der Waals surface area contributed by atoms with Gasteiger partial charge in [-0.2, -0.15) is 0 Å². The molecule has 1 unspecified atom stereocenters. The van der Waals surface area contributed by atoms with Crippen molar-refractivity contribution in [2.24, 2.45) is 0 Å². The quantitative estimate of drug-likeness (QED) is 0.906. The van der Waals surface area contributed by atoms with Crippen molar-refractivity contribution < 1.29 is 14.3 Å². The van der Waals surface area contributed by atoms with Crippen LogP contribution in [0.1, 0.15) is 29.3 Å². The second kappa shape index (κ2) is 8.10. The number of hydrogen-bond donors (Lipinski definition) is 1. The van der Waals surface area contributed by atoms with E-state index in [4.69, 9.17) is 9.47 Å². The first-order valence-electron chi connectivity index (χ1n) is 8.49. The molecule has 0 saturated carbocycles. The molecule has 1 heterocycles. The number of nitrogens with one attached hydrogen (secondary N) is 1. The molecule has 0 aromatic heterocycles. The van der Waals surface area contributed by atoms with Gasteiger partial charge < -0.3 is 14.8 Å². The summed E-state index contributed by atoms with van der Waals surface area (Å²) in [5.74, 6) is -0.114. The maximum absolute atomic E-state index is 12.3. The summed E-state index contributed by atoms with van der Waals surface area (Å²) in [6.45, 7) is 6.50. The Hall–Kier alpha value is -2.43. The molecule has 1 saturated heterocycles. The van der Waals surface area contributed by atoms with Crippen molar-refractivity contribution in [2.45, 2.75) is 31.8 Å². The van der Waals surface area contributed by atoms with Crippen LogP contribution in [-0.4, -0.2) is 30.9 Å². The lowest BCUT2D eigenvalue weighted by atomic mass is 10.0. The van der Waals surface area contributed by atoms with Gasteiger partial charge in [-0.05, 0) is 30.2 Å². The number of carbonyl (C=O) groups excluding carboxylic acids is 1. The fourth-order valence-electron chi connectivity index (χ4n) is 2.82. The van der Waals surface area contributed by atoms with E-state index in [-0.39, 0.29) is 24.3 Å². The van der Waals surface area contributed by atoms with Crippen LogP contribution in [0.25, 0.3) is 5.57 Å². The van der Waals surface area contributed by atoms with Gasteiger partial charge in [0.1, 0.15) is 0 Å². The highest BCUT2D eigenvalue weighted by molar-refractivity contribution is 5.94. The van der Waals surface area contributed by atoms with E-state index in [0.29, 0.717) is 18.6 Å². The first-order valence-corrected chi connectivity index (χ1v) is 8.49. The van der Waals surface area contributed by atoms with Crippen LogP contribution in [0.15, 0.2) is 67.2 Å². The minimum absolute atomic E-state index is 0.114. The van der Waals surface area contributed by atoms with E-state index in [1.807, 2.05) is 55.5 Å². The van der Waals surface area contributed by atoms with Gasteiger partial charge in [-0.25, -0.2) is 0 Å². The van der Waals surface area contributed by atoms with Gasteiger partial charge in [0.05, 0.1) is 18.8 Å². The number of carbonyl (C=O) groups is 1. The Kier molecular flexibility index (Phi) is 5.64. The summed E-state index contributed by atoms with van der Waals surface area (Å²) < 4.78 is 11.7. The Bertz CT molecular complexity index is 714. The van der Waals surface area contributed by atoms with Crippen molar-refractivity contribution in [3.05, 3.63) is 78.4 Å². The Morgan fingerprint density at radius 3 is 2.28 bits per heavy atom. The van der Waals surface area contributed by atoms with Gasteiger partial charge in [0.2, 0.25) is 0 Å². The van der Waals surface area contributed by atoms with E-state index in [1.54, 1.807) is 12.1 Å². The molecule has 2 aromatic carbocycles. The zero-order valence-corrected chi connectivity index (χ0v) is 14.4. The second-order valence-corrected chi connectivity index (χ2v) is 6.22. The number of benzene rings is 2. The molecule has 0 bridgehead atoms. The summed E-state index contributed by atoms with van der Waals surface area (Å²) in [5.41, 5.74) is 2.70. The van der Waals surface area contributed by atoms with Crippen molar-refractivity contribution in [1.29, 1.82) is 0 Å². The monoisotopic (exact) mass is 337 g/mol. The molecular formula is C21H23NO3. The lowest BCUT2D eigenvalue weighted by molar-refractivity contribution is -0.214. The van der Waals surface area contributed by atoms with Gasteiger partial charge in [-0.15, -0.1) is 0 Å². The van der Waals surface area contributed by atoms with Crippen LogP contribution < -0.4 is 5.32 Å². The second-order valence-electron chi connectivity index (χ2n) is 6.22. The molecular weight excluding hydrogens is 314 g/mol. The molecule has 1 aliphatic rings. The zero-order valence-electron chi connectivity index (χ0n) is 14.4. The summed E-state index contributed by atoms with van der Waals surface area (Å²) in [7, 11) is 0. The SMILES string of the molecule is C=C(CC1OC[C@@H](NC(=O)c2ccccc2)[C@H](C)O1)c1ccccc1. The minimum Gasteiger partial charge on any atom is -0.350 e. The van der Waals surface area contributed by atoms with E-state index in [9.17, 15) is 4.79 Å². The Morgan fingerprint density at radius 1 is 1.08 bits per heavy atom. The summed E-state index contributed by atoms with van der Waals surface area (Å²) >= 11 is 0. The molecule has 0 aliphatic carbocycles. The summed E-state index contributed by atoms with van der Waals surface area (Å²) in [4.78, 5) is 12.3. The molecule has 130 valence electrons. The third kappa shape index (κ3) is 4.56. The summed E-state index contributed by atoms with van der Waals surface area (Å²) in [5, 5.41) is 2.98. The third-order valence-electron chi connectivity index (χ3n) is 4.34. The average molecular weight is 337 g/mol. The van der Waals surface area contributed by atoms with Crippen LogP contribution in [0.3, 0.4) is 0 Å². The lowest BCUT2D eigenvalue weighted by Gasteiger charge is -2.35. The molecule has 2 aromatic rings. The third-order valence-corrected chi connectivity index (χ3v) is 4.34. The molecule has 0 radical (unpaired) electrons. The predicted octanol–water partition coefficient (Wildman–Crippen LogP) is 3.65. The van der Waals surface area contributed by atoms with Gasteiger partial charge >= 0.3 is 0 Å². The molecule has 1 fully saturated rings. The fourth-order valence-corrected chi connectivity index (χ4v) is 2.82. The topological polar surface area (TPSA) is 47.6 Å². The number of rotatable bonds is 5. The maximum Gasteiger partial charge on any atom is 0.251 e. The minimum atomic E-state index is -0.340. The molecule has 4 nitrogen and oxygen atoms in total. The van der Waals surface area contributed by atoms with Crippen LogP contribution in [0.2, 0.25) is 0 Å². The number of hydrogen-bond acceptors (Lipinski definition) is 3. The molecule has 3 rings (SSSR count). The highest BCUT2D eigenvalue weighted by Gasteiger charge is 2.30. The highest BCUT2D eigenvalue weighted by atomic mass is 16.7. The average Bonchev–Trinajstić information content (AvgIpc) is 2.65. The van der Waals surface area contributed by atoms with Crippen molar-refractivity contribution in [3.63, 3.8) is 0 Å². The maximum atomic E-state index is 12.3. The molecule has 0 spiro atoms. The van der Waals surface area contributed by atoms with Gasteiger partial charge in [0.15, 0.2) is 6.29 Å². The van der Waals surface area contributed by atoms with Crippen molar-refractivity contribution in [3.8, 4) is 0 Å². The van der Waals surface area contributed by atoms with Crippen molar-refractivity contribution >= 4 is 11.5 Å². The first-order chi connectivity index (χ1) is 12.1. The summed E-state index contributed by atoms with van der Waals surface area (Å²) in [6.07, 6.45) is 0.135. The predicted molar refractivity (Wildman–Crippen MR) is 98.1 cm³/mol. The van der Waals surface area contributed by atoms with Crippen LogP contribution in [0.4, 0.5) is 0 Å². The Morgan fingerprint density at radius 2 is 1.68 bits per heavy atom. The normalized spacial score (nSPS) is 23.0. The van der Waals surface area contributed by atoms with Crippen LogP contribution in [0, 0.1) is 0 Å². The van der Waals surface area contributed by atoms with Crippen molar-refractivity contribution in [1.82, 2.24) is 5.32 Å². The smallest absolute Gasteiger partial charge is 0.251 e. The van der Waals surface area contributed by atoms with Crippen LogP contribution in [0.5, 0.6) is 0 Å². The van der Waals surface area contributed by atoms with Gasteiger partial charge in [0, 0.05) is 12.0 Å². The number of amides is 1. The van der Waals surface area contributed by atoms with E-state index in [0.717, 1.165) is 11.1 Å². The summed E-state index contributed by atoms with van der Waals surface area (Å²) in [6, 6.07) is 19.0. The molecule has 25 heavy (non-hydrogen) atoms. The van der Waals surface area contributed by atoms with Crippen LogP contribution >= 0.6 is 0 Å². The van der Waals surface area contributed by atoms with E-state index in [1.165, 1.54) is 0 Å². The molecule has 3 atom stereocenters. The van der Waals surface area contributed by atoms with Gasteiger partial charge in [0.25, 0.3) is 5.91 Å². The largest absolute Gasteiger partial charge is 0.350 e. The lowest BCUT2D eigenvalue weighted by Crippen LogP contribution is -2.52. The Labute approximate surface area is 148 Å². The van der Waals surface area contributed by atoms with Crippen molar-refractivity contribution in [2.75, 3.05) is 6.61 Å².